The van der Waals surface area contributed by atoms with E-state index in [4.69, 9.17) is 0 Å². The van der Waals surface area contributed by atoms with Gasteiger partial charge in [0.25, 0.3) is 0 Å². The van der Waals surface area contributed by atoms with Gasteiger partial charge >= 0.3 is 5.97 Å². The lowest BCUT2D eigenvalue weighted by Gasteiger charge is -2.03. The van der Waals surface area contributed by atoms with Crippen LogP contribution in [0.2, 0.25) is 0 Å². The van der Waals surface area contributed by atoms with E-state index >= 15 is 0 Å². The molecule has 0 bridgehead atoms. The van der Waals surface area contributed by atoms with Crippen molar-refractivity contribution < 1.29 is 9.53 Å². The van der Waals surface area contributed by atoms with E-state index in [2.05, 4.69) is 56.7 Å². The molecule has 0 aliphatic heterocycles. The Morgan fingerprint density at radius 3 is 2.40 bits per heavy atom. The highest BCUT2D eigenvalue weighted by atomic mass is 16.5. The quantitative estimate of drug-likeness (QED) is 0.360. The Balaban J connectivity index is 4.17. The van der Waals surface area contributed by atoms with E-state index in [1.54, 1.807) is 6.08 Å². The van der Waals surface area contributed by atoms with Crippen LogP contribution in [-0.2, 0) is 9.53 Å². The second-order valence-corrected chi connectivity index (χ2v) is 5.17. The Labute approximate surface area is 123 Å². The molecule has 2 heteroatoms. The zero-order valence-corrected chi connectivity index (χ0v) is 13.4. The molecule has 2 unspecified atom stereocenters. The van der Waals surface area contributed by atoms with E-state index < -0.39 is 0 Å². The Hall–Kier alpha value is -1.57. The van der Waals surface area contributed by atoms with Crippen molar-refractivity contribution in [3.63, 3.8) is 0 Å². The SMILES string of the molecule is CCC(C)/C=C/C(C)=C/CC(C)/C=C/C=C/C(=O)OC. The van der Waals surface area contributed by atoms with Crippen molar-refractivity contribution in [1.29, 1.82) is 0 Å². The molecular formula is C18H28O2. The van der Waals surface area contributed by atoms with Crippen molar-refractivity contribution in [1.82, 2.24) is 0 Å². The molecule has 0 N–H and O–H groups in total. The molecule has 0 rings (SSSR count). The van der Waals surface area contributed by atoms with Crippen LogP contribution in [0.4, 0.5) is 0 Å². The highest BCUT2D eigenvalue weighted by molar-refractivity contribution is 5.82. The van der Waals surface area contributed by atoms with Gasteiger partial charge in [-0.1, -0.05) is 69.2 Å². The first-order valence-corrected chi connectivity index (χ1v) is 7.27. The molecule has 0 aliphatic carbocycles. The van der Waals surface area contributed by atoms with Gasteiger partial charge in [-0.2, -0.15) is 0 Å². The van der Waals surface area contributed by atoms with Gasteiger partial charge in [-0.05, 0) is 25.2 Å². The molecule has 0 aromatic carbocycles. The van der Waals surface area contributed by atoms with E-state index in [0.29, 0.717) is 11.8 Å². The van der Waals surface area contributed by atoms with Crippen LogP contribution < -0.4 is 0 Å². The summed E-state index contributed by atoms with van der Waals surface area (Å²) < 4.78 is 4.51. The van der Waals surface area contributed by atoms with E-state index in [0.717, 1.165) is 6.42 Å². The smallest absolute Gasteiger partial charge is 0.330 e. The van der Waals surface area contributed by atoms with Crippen molar-refractivity contribution in [2.75, 3.05) is 7.11 Å². The van der Waals surface area contributed by atoms with Crippen LogP contribution in [0.5, 0.6) is 0 Å². The first-order valence-electron chi connectivity index (χ1n) is 7.27. The fourth-order valence-corrected chi connectivity index (χ4v) is 1.43. The summed E-state index contributed by atoms with van der Waals surface area (Å²) in [6.45, 7) is 8.71. The second-order valence-electron chi connectivity index (χ2n) is 5.17. The molecule has 2 nitrogen and oxygen atoms in total. The fourth-order valence-electron chi connectivity index (χ4n) is 1.43. The first-order chi connectivity index (χ1) is 9.49. The molecule has 0 fully saturated rings. The van der Waals surface area contributed by atoms with Crippen molar-refractivity contribution in [2.24, 2.45) is 11.8 Å². The topological polar surface area (TPSA) is 26.3 Å². The van der Waals surface area contributed by atoms with E-state index in [9.17, 15) is 4.79 Å². The van der Waals surface area contributed by atoms with Gasteiger partial charge in [0.1, 0.15) is 0 Å². The lowest BCUT2D eigenvalue weighted by Crippen LogP contribution is -1.93. The third-order valence-corrected chi connectivity index (χ3v) is 3.13. The molecule has 2 atom stereocenters. The first kappa shape index (κ1) is 18.4. The van der Waals surface area contributed by atoms with Gasteiger partial charge in [-0.3, -0.25) is 0 Å². The van der Waals surface area contributed by atoms with Crippen molar-refractivity contribution >= 4 is 5.97 Å². The van der Waals surface area contributed by atoms with Gasteiger partial charge in [0.2, 0.25) is 0 Å². The Kier molecular flexibility index (Phi) is 10.4. The minimum Gasteiger partial charge on any atom is -0.466 e. The molecule has 0 radical (unpaired) electrons. The molecule has 0 spiro atoms. The van der Waals surface area contributed by atoms with Crippen LogP contribution in [-0.4, -0.2) is 13.1 Å². The van der Waals surface area contributed by atoms with Crippen LogP contribution in [0.15, 0.2) is 48.1 Å². The largest absolute Gasteiger partial charge is 0.466 e. The maximum Gasteiger partial charge on any atom is 0.330 e. The maximum absolute atomic E-state index is 10.9. The summed E-state index contributed by atoms with van der Waals surface area (Å²) >= 11 is 0. The average molecular weight is 276 g/mol. The zero-order valence-electron chi connectivity index (χ0n) is 13.4. The van der Waals surface area contributed by atoms with Gasteiger partial charge in [0.15, 0.2) is 0 Å². The van der Waals surface area contributed by atoms with Crippen molar-refractivity contribution in [3.8, 4) is 0 Å². The molecule has 112 valence electrons. The molecule has 0 aromatic rings. The minimum atomic E-state index is -0.326. The third-order valence-electron chi connectivity index (χ3n) is 3.13. The van der Waals surface area contributed by atoms with E-state index in [1.807, 2.05) is 6.08 Å². The number of hydrogen-bond donors (Lipinski definition) is 0. The molecule has 0 aliphatic rings. The van der Waals surface area contributed by atoms with Crippen LogP contribution >= 0.6 is 0 Å². The summed E-state index contributed by atoms with van der Waals surface area (Å²) in [5.74, 6) is 0.761. The van der Waals surface area contributed by atoms with Gasteiger partial charge in [-0.15, -0.1) is 0 Å². The molecule has 0 amide bonds. The highest BCUT2D eigenvalue weighted by Gasteiger charge is 1.95. The van der Waals surface area contributed by atoms with Gasteiger partial charge in [0.05, 0.1) is 7.11 Å². The fraction of sp³-hybridized carbons (Fsp3) is 0.500. The summed E-state index contributed by atoms with van der Waals surface area (Å²) in [5.41, 5.74) is 1.30. The normalized spacial score (nSPS) is 16.1. The Bertz CT molecular complexity index is 386. The average Bonchev–Trinajstić information content (AvgIpc) is 2.46. The van der Waals surface area contributed by atoms with Gasteiger partial charge in [0, 0.05) is 6.08 Å². The number of esters is 1. The van der Waals surface area contributed by atoms with Gasteiger partial charge in [-0.25, -0.2) is 4.79 Å². The zero-order chi connectivity index (χ0) is 15.4. The maximum atomic E-state index is 10.9. The molecule has 0 aromatic heterocycles. The molecular weight excluding hydrogens is 248 g/mol. The van der Waals surface area contributed by atoms with Crippen LogP contribution in [0.1, 0.15) is 40.5 Å². The molecule has 0 saturated heterocycles. The molecule has 0 heterocycles. The van der Waals surface area contributed by atoms with Gasteiger partial charge < -0.3 is 4.74 Å². The summed E-state index contributed by atoms with van der Waals surface area (Å²) in [5, 5.41) is 0. The number of carbonyl (C=O) groups excluding carboxylic acids is 1. The molecule has 20 heavy (non-hydrogen) atoms. The number of rotatable bonds is 8. The van der Waals surface area contributed by atoms with Crippen molar-refractivity contribution in [2.45, 2.75) is 40.5 Å². The predicted octanol–water partition coefficient (Wildman–Crippen LogP) is 4.85. The monoisotopic (exact) mass is 276 g/mol. The van der Waals surface area contributed by atoms with Crippen LogP contribution in [0, 0.1) is 11.8 Å². The van der Waals surface area contributed by atoms with Crippen LogP contribution in [0.3, 0.4) is 0 Å². The lowest BCUT2D eigenvalue weighted by atomic mass is 10.0. The molecule has 0 saturated carbocycles. The third kappa shape index (κ3) is 10.4. The lowest BCUT2D eigenvalue weighted by molar-refractivity contribution is -0.134. The number of hydrogen-bond acceptors (Lipinski definition) is 2. The Morgan fingerprint density at radius 1 is 1.10 bits per heavy atom. The Morgan fingerprint density at radius 2 is 1.80 bits per heavy atom. The summed E-state index contributed by atoms with van der Waals surface area (Å²) in [6.07, 6.45) is 16.0. The highest BCUT2D eigenvalue weighted by Crippen LogP contribution is 2.10. The van der Waals surface area contributed by atoms with Crippen LogP contribution in [0.25, 0.3) is 0 Å². The predicted molar refractivity (Wildman–Crippen MR) is 86.4 cm³/mol. The second kappa shape index (κ2) is 11.3. The number of carbonyl (C=O) groups is 1. The standard InChI is InChI=1S/C18H28O2/c1-6-15(2)11-12-17(4)14-13-16(3)9-7-8-10-18(19)20-5/h7-12,14-16H,6,13H2,1-5H3/b9-7+,10-8+,12-11+,17-14+. The van der Waals surface area contributed by atoms with Crippen molar-refractivity contribution in [3.05, 3.63) is 48.1 Å². The number of ether oxygens (including phenoxy) is 1. The van der Waals surface area contributed by atoms with E-state index in [1.165, 1.54) is 25.2 Å². The summed E-state index contributed by atoms with van der Waals surface area (Å²) in [7, 11) is 1.37. The summed E-state index contributed by atoms with van der Waals surface area (Å²) in [6, 6.07) is 0. The minimum absolute atomic E-state index is 0.326. The summed E-state index contributed by atoms with van der Waals surface area (Å²) in [4.78, 5) is 10.9. The van der Waals surface area contributed by atoms with E-state index in [-0.39, 0.29) is 5.97 Å². The number of allylic oxidation sites excluding steroid dienone is 7. The number of methoxy groups -OCH3 is 1.